The van der Waals surface area contributed by atoms with Gasteiger partial charge in [0.05, 0.1) is 36.9 Å². The molecule has 7 nitrogen and oxygen atoms in total. The van der Waals surface area contributed by atoms with E-state index in [0.29, 0.717) is 50.9 Å². The van der Waals surface area contributed by atoms with Crippen molar-refractivity contribution in [3.8, 4) is 17.2 Å². The predicted octanol–water partition coefficient (Wildman–Crippen LogP) is 5.28. The number of benzene rings is 3. The number of hydrogen-bond acceptors (Lipinski definition) is 5. The SMILES string of the molecule is CCC(c1nc2ccccc2c(=O)n1-c1cccc(Cl)c1)N(C)C(=O)c1cc(OC)cc(OC)c1. The molecule has 1 aromatic heterocycles. The standard InChI is InChI=1S/C27H26ClN3O4/c1-5-24(30(2)26(32)17-13-20(34-3)16-21(14-17)35-4)25-29-23-12-7-6-11-22(23)27(33)31(25)19-10-8-9-18(28)15-19/h6-16,24H,5H2,1-4H3. The van der Waals surface area contributed by atoms with E-state index in [2.05, 4.69) is 0 Å². The Labute approximate surface area is 208 Å². The van der Waals surface area contributed by atoms with Gasteiger partial charge in [0, 0.05) is 23.7 Å². The molecule has 1 amide bonds. The summed E-state index contributed by atoms with van der Waals surface area (Å²) in [4.78, 5) is 33.7. The lowest BCUT2D eigenvalue weighted by Gasteiger charge is -2.29. The second-order valence-electron chi connectivity index (χ2n) is 8.05. The predicted molar refractivity (Wildman–Crippen MR) is 137 cm³/mol. The van der Waals surface area contributed by atoms with Gasteiger partial charge in [-0.2, -0.15) is 0 Å². The van der Waals surface area contributed by atoms with Crippen molar-refractivity contribution < 1.29 is 14.3 Å². The first-order valence-corrected chi connectivity index (χ1v) is 11.5. The molecule has 0 radical (unpaired) electrons. The molecule has 8 heteroatoms. The average Bonchev–Trinajstić information content (AvgIpc) is 2.88. The minimum atomic E-state index is -0.504. The van der Waals surface area contributed by atoms with Crippen LogP contribution < -0.4 is 15.0 Å². The highest BCUT2D eigenvalue weighted by atomic mass is 35.5. The van der Waals surface area contributed by atoms with Gasteiger partial charge >= 0.3 is 0 Å². The maximum absolute atomic E-state index is 13.7. The van der Waals surface area contributed by atoms with Crippen LogP contribution in [0.3, 0.4) is 0 Å². The number of carbonyl (C=O) groups is 1. The van der Waals surface area contributed by atoms with Crippen LogP contribution >= 0.6 is 11.6 Å². The maximum Gasteiger partial charge on any atom is 0.266 e. The molecule has 0 spiro atoms. The van der Waals surface area contributed by atoms with Gasteiger partial charge in [0.15, 0.2) is 0 Å². The second-order valence-corrected chi connectivity index (χ2v) is 8.49. The van der Waals surface area contributed by atoms with Crippen molar-refractivity contribution in [3.05, 3.63) is 93.5 Å². The molecule has 1 atom stereocenters. The number of para-hydroxylation sites is 1. The van der Waals surface area contributed by atoms with Crippen molar-refractivity contribution in [2.75, 3.05) is 21.3 Å². The van der Waals surface area contributed by atoms with Crippen molar-refractivity contribution in [2.24, 2.45) is 0 Å². The Balaban J connectivity index is 1.89. The van der Waals surface area contributed by atoms with Gasteiger partial charge in [-0.1, -0.05) is 36.7 Å². The van der Waals surface area contributed by atoms with Crippen molar-refractivity contribution in [1.29, 1.82) is 0 Å². The number of methoxy groups -OCH3 is 2. The molecule has 180 valence electrons. The number of aromatic nitrogens is 2. The van der Waals surface area contributed by atoms with Crippen LogP contribution in [0.2, 0.25) is 5.02 Å². The van der Waals surface area contributed by atoms with E-state index in [1.807, 2.05) is 13.0 Å². The molecule has 4 aromatic rings. The van der Waals surface area contributed by atoms with Crippen LogP contribution in [0.4, 0.5) is 0 Å². The van der Waals surface area contributed by atoms with Crippen LogP contribution in [0.15, 0.2) is 71.5 Å². The number of halogens is 1. The summed E-state index contributed by atoms with van der Waals surface area (Å²) >= 11 is 6.26. The van der Waals surface area contributed by atoms with E-state index in [1.54, 1.807) is 72.6 Å². The molecule has 4 rings (SSSR count). The normalized spacial score (nSPS) is 11.8. The van der Waals surface area contributed by atoms with Crippen LogP contribution in [-0.2, 0) is 0 Å². The average molecular weight is 492 g/mol. The minimum Gasteiger partial charge on any atom is -0.497 e. The number of amides is 1. The Kier molecular flexibility index (Phi) is 7.07. The van der Waals surface area contributed by atoms with Crippen LogP contribution in [0.25, 0.3) is 16.6 Å². The van der Waals surface area contributed by atoms with Gasteiger partial charge in [0.1, 0.15) is 17.3 Å². The van der Waals surface area contributed by atoms with Gasteiger partial charge in [0.2, 0.25) is 0 Å². The second kappa shape index (κ2) is 10.2. The largest absolute Gasteiger partial charge is 0.497 e. The molecule has 0 aliphatic carbocycles. The molecule has 0 aliphatic heterocycles. The summed E-state index contributed by atoms with van der Waals surface area (Å²) in [7, 11) is 4.76. The highest BCUT2D eigenvalue weighted by molar-refractivity contribution is 6.30. The third kappa shape index (κ3) is 4.72. The topological polar surface area (TPSA) is 73.7 Å². The number of hydrogen-bond donors (Lipinski definition) is 0. The van der Waals surface area contributed by atoms with Crippen molar-refractivity contribution >= 4 is 28.4 Å². The Hall–Kier alpha value is -3.84. The molecule has 1 unspecified atom stereocenters. The van der Waals surface area contributed by atoms with Crippen molar-refractivity contribution in [3.63, 3.8) is 0 Å². The van der Waals surface area contributed by atoms with Gasteiger partial charge in [-0.15, -0.1) is 0 Å². The molecule has 0 fully saturated rings. The summed E-state index contributed by atoms with van der Waals surface area (Å²) in [6.45, 7) is 1.95. The molecular formula is C27H26ClN3O4. The summed E-state index contributed by atoms with van der Waals surface area (Å²) in [6.07, 6.45) is 0.523. The quantitative estimate of drug-likeness (QED) is 0.351. The molecule has 1 heterocycles. The number of nitrogens with zero attached hydrogens (tertiary/aromatic N) is 3. The summed E-state index contributed by atoms with van der Waals surface area (Å²) < 4.78 is 12.2. The lowest BCUT2D eigenvalue weighted by molar-refractivity contribution is 0.0716. The zero-order valence-electron chi connectivity index (χ0n) is 20.0. The first-order chi connectivity index (χ1) is 16.9. The molecular weight excluding hydrogens is 466 g/mol. The van der Waals surface area contributed by atoms with Crippen molar-refractivity contribution in [1.82, 2.24) is 14.5 Å². The number of fused-ring (bicyclic) bond motifs is 1. The van der Waals surface area contributed by atoms with Gasteiger partial charge < -0.3 is 14.4 Å². The van der Waals surface area contributed by atoms with E-state index in [9.17, 15) is 9.59 Å². The van der Waals surface area contributed by atoms with Crippen molar-refractivity contribution in [2.45, 2.75) is 19.4 Å². The molecule has 0 N–H and O–H groups in total. The fourth-order valence-electron chi connectivity index (χ4n) is 4.14. The fraction of sp³-hybridized carbons (Fsp3) is 0.222. The smallest absolute Gasteiger partial charge is 0.266 e. The van der Waals surface area contributed by atoms with Crippen LogP contribution in [0, 0.1) is 0 Å². The molecule has 0 saturated heterocycles. The summed E-state index contributed by atoms with van der Waals surface area (Å²) in [5.74, 6) is 1.21. The third-order valence-electron chi connectivity index (χ3n) is 5.94. The Morgan fingerprint density at radius 2 is 1.71 bits per heavy atom. The lowest BCUT2D eigenvalue weighted by Crippen LogP contribution is -2.36. The van der Waals surface area contributed by atoms with E-state index in [4.69, 9.17) is 26.1 Å². The summed E-state index contributed by atoms with van der Waals surface area (Å²) in [5.41, 5.74) is 1.32. The first-order valence-electron chi connectivity index (χ1n) is 11.2. The van der Waals surface area contributed by atoms with E-state index in [-0.39, 0.29) is 11.5 Å². The minimum absolute atomic E-state index is 0.227. The monoisotopic (exact) mass is 491 g/mol. The van der Waals surface area contributed by atoms with E-state index in [1.165, 1.54) is 18.8 Å². The molecule has 0 saturated carbocycles. The van der Waals surface area contributed by atoms with E-state index in [0.717, 1.165) is 0 Å². The zero-order chi connectivity index (χ0) is 25.1. The lowest BCUT2D eigenvalue weighted by atomic mass is 10.1. The van der Waals surface area contributed by atoms with Gasteiger partial charge in [-0.3, -0.25) is 14.2 Å². The van der Waals surface area contributed by atoms with E-state index < -0.39 is 6.04 Å². The molecule has 35 heavy (non-hydrogen) atoms. The Morgan fingerprint density at radius 3 is 2.34 bits per heavy atom. The molecule has 0 aliphatic rings. The molecule has 3 aromatic carbocycles. The third-order valence-corrected chi connectivity index (χ3v) is 6.17. The van der Waals surface area contributed by atoms with Gasteiger partial charge in [0.25, 0.3) is 11.5 Å². The number of ether oxygens (including phenoxy) is 2. The number of carbonyl (C=O) groups excluding carboxylic acids is 1. The number of rotatable bonds is 7. The van der Waals surface area contributed by atoms with Gasteiger partial charge in [-0.25, -0.2) is 4.98 Å². The van der Waals surface area contributed by atoms with Crippen LogP contribution in [-0.4, -0.2) is 41.6 Å². The van der Waals surface area contributed by atoms with Crippen LogP contribution in [0.5, 0.6) is 11.5 Å². The Bertz CT molecular complexity index is 1430. The maximum atomic E-state index is 13.7. The highest BCUT2D eigenvalue weighted by Crippen LogP contribution is 2.29. The Morgan fingerprint density at radius 1 is 1.03 bits per heavy atom. The summed E-state index contributed by atoms with van der Waals surface area (Å²) in [6, 6.07) is 18.7. The summed E-state index contributed by atoms with van der Waals surface area (Å²) in [5, 5.41) is 0.979. The highest BCUT2D eigenvalue weighted by Gasteiger charge is 2.28. The van der Waals surface area contributed by atoms with Crippen LogP contribution in [0.1, 0.15) is 35.6 Å². The van der Waals surface area contributed by atoms with Gasteiger partial charge in [-0.05, 0) is 48.9 Å². The van der Waals surface area contributed by atoms with E-state index >= 15 is 0 Å². The molecule has 0 bridgehead atoms. The fourth-order valence-corrected chi connectivity index (χ4v) is 4.33. The zero-order valence-corrected chi connectivity index (χ0v) is 20.7. The first kappa shape index (κ1) is 24.3.